The number of unbranched alkanes of at least 4 members (excludes halogenated alkanes) is 2. The van der Waals surface area contributed by atoms with Gasteiger partial charge in [-0.05, 0) is 33.4 Å². The smallest absolute Gasteiger partial charge is 0.216 e. The van der Waals surface area contributed by atoms with Crippen LogP contribution in [0.1, 0.15) is 26.2 Å². The van der Waals surface area contributed by atoms with E-state index in [1.54, 1.807) is 13.2 Å². The Morgan fingerprint density at radius 1 is 1.28 bits per heavy atom. The Morgan fingerprint density at radius 3 is 2.56 bits per heavy atom. The minimum absolute atomic E-state index is 0.678. The molecule has 5 nitrogen and oxygen atoms in total. The van der Waals surface area contributed by atoms with Crippen molar-refractivity contribution in [2.24, 2.45) is 4.99 Å². The molecule has 0 bridgehead atoms. The SMILES string of the molecule is C/C=C/N=C(\N(C)C=O)N(C)CCCCCNC. The molecular formula is C13H26N4O. The first-order chi connectivity index (χ1) is 8.67. The molecule has 0 heterocycles. The molecule has 0 radical (unpaired) electrons. The maximum atomic E-state index is 10.8. The molecule has 0 fully saturated rings. The molecule has 18 heavy (non-hydrogen) atoms. The van der Waals surface area contributed by atoms with Gasteiger partial charge in [-0.15, -0.1) is 0 Å². The van der Waals surface area contributed by atoms with Gasteiger partial charge in [-0.3, -0.25) is 9.69 Å². The number of nitrogens with one attached hydrogen (secondary N) is 1. The van der Waals surface area contributed by atoms with Crippen LogP contribution in [0, 0.1) is 0 Å². The van der Waals surface area contributed by atoms with E-state index in [-0.39, 0.29) is 0 Å². The molecule has 0 aromatic rings. The molecule has 0 aliphatic rings. The summed E-state index contributed by atoms with van der Waals surface area (Å²) in [5.41, 5.74) is 0. The molecule has 0 atom stereocenters. The minimum Gasteiger partial charge on any atom is -0.345 e. The van der Waals surface area contributed by atoms with Gasteiger partial charge in [0.15, 0.2) is 0 Å². The molecule has 0 aliphatic carbocycles. The van der Waals surface area contributed by atoms with Gasteiger partial charge in [-0.2, -0.15) is 0 Å². The second-order valence-corrected chi connectivity index (χ2v) is 4.21. The molecule has 0 aromatic carbocycles. The predicted molar refractivity (Wildman–Crippen MR) is 76.5 cm³/mol. The molecule has 0 spiro atoms. The largest absolute Gasteiger partial charge is 0.345 e. The van der Waals surface area contributed by atoms with Gasteiger partial charge in [0.25, 0.3) is 0 Å². The molecule has 0 saturated carbocycles. The zero-order chi connectivity index (χ0) is 13.8. The molecule has 5 heteroatoms. The summed E-state index contributed by atoms with van der Waals surface area (Å²) < 4.78 is 0. The molecule has 0 unspecified atom stereocenters. The fourth-order valence-electron chi connectivity index (χ4n) is 1.57. The van der Waals surface area contributed by atoms with Gasteiger partial charge in [-0.25, -0.2) is 4.99 Å². The molecule has 0 saturated heterocycles. The summed E-state index contributed by atoms with van der Waals surface area (Å²) in [7, 11) is 5.64. The van der Waals surface area contributed by atoms with E-state index >= 15 is 0 Å². The van der Waals surface area contributed by atoms with Crippen LogP contribution in [0.2, 0.25) is 0 Å². The summed E-state index contributed by atoms with van der Waals surface area (Å²) in [6.07, 6.45) is 7.77. The third kappa shape index (κ3) is 7.06. The molecule has 104 valence electrons. The molecule has 0 aromatic heterocycles. The Hall–Kier alpha value is -1.36. The molecule has 0 aliphatic heterocycles. The van der Waals surface area contributed by atoms with E-state index in [4.69, 9.17) is 0 Å². The standard InChI is InChI=1S/C13H26N4O/c1-5-9-15-13(17(4)12-18)16(3)11-8-6-7-10-14-2/h5,9,12,14H,6-8,10-11H2,1-4H3/b9-5+,15-13-. The van der Waals surface area contributed by atoms with Gasteiger partial charge in [0, 0.05) is 26.8 Å². The number of hydrogen-bond acceptors (Lipinski definition) is 3. The van der Waals surface area contributed by atoms with E-state index in [0.717, 1.165) is 25.9 Å². The minimum atomic E-state index is 0.678. The number of amides is 1. The number of nitrogens with zero attached hydrogens (tertiary/aromatic N) is 3. The van der Waals surface area contributed by atoms with E-state index in [9.17, 15) is 4.79 Å². The number of allylic oxidation sites excluding steroid dienone is 1. The van der Waals surface area contributed by atoms with E-state index < -0.39 is 0 Å². The van der Waals surface area contributed by atoms with Crippen molar-refractivity contribution < 1.29 is 4.79 Å². The number of hydrogen-bond donors (Lipinski definition) is 1. The fourth-order valence-corrected chi connectivity index (χ4v) is 1.57. The second-order valence-electron chi connectivity index (χ2n) is 4.21. The van der Waals surface area contributed by atoms with E-state index in [1.807, 2.05) is 32.0 Å². The first kappa shape index (κ1) is 16.6. The van der Waals surface area contributed by atoms with Gasteiger partial charge in [0.2, 0.25) is 12.4 Å². The van der Waals surface area contributed by atoms with Gasteiger partial charge in [0.1, 0.15) is 0 Å². The Labute approximate surface area is 111 Å². The molecule has 0 rings (SSSR count). The molecule has 1 amide bonds. The Balaban J connectivity index is 4.21. The van der Waals surface area contributed by atoms with Crippen molar-refractivity contribution in [3.8, 4) is 0 Å². The highest BCUT2D eigenvalue weighted by Gasteiger charge is 2.10. The third-order valence-corrected chi connectivity index (χ3v) is 2.57. The van der Waals surface area contributed by atoms with Crippen molar-refractivity contribution in [3.63, 3.8) is 0 Å². The lowest BCUT2D eigenvalue weighted by Crippen LogP contribution is -2.39. The zero-order valence-electron chi connectivity index (χ0n) is 12.0. The average molecular weight is 254 g/mol. The van der Waals surface area contributed by atoms with Crippen LogP contribution < -0.4 is 5.32 Å². The average Bonchev–Trinajstić information content (AvgIpc) is 2.38. The normalized spacial score (nSPS) is 11.9. The van der Waals surface area contributed by atoms with Crippen molar-refractivity contribution in [1.82, 2.24) is 15.1 Å². The second kappa shape index (κ2) is 10.8. The summed E-state index contributed by atoms with van der Waals surface area (Å²) in [4.78, 5) is 18.6. The lowest BCUT2D eigenvalue weighted by Gasteiger charge is -2.25. The number of aliphatic imine (C=N–C) groups is 1. The Bertz CT molecular complexity index is 276. The van der Waals surface area contributed by atoms with Gasteiger partial charge in [-0.1, -0.05) is 12.5 Å². The van der Waals surface area contributed by atoms with Gasteiger partial charge < -0.3 is 10.2 Å². The zero-order valence-corrected chi connectivity index (χ0v) is 12.0. The fraction of sp³-hybridized carbons (Fsp3) is 0.692. The Morgan fingerprint density at radius 2 is 2.00 bits per heavy atom. The van der Waals surface area contributed by atoms with Gasteiger partial charge >= 0.3 is 0 Å². The maximum Gasteiger partial charge on any atom is 0.216 e. The first-order valence-electron chi connectivity index (χ1n) is 6.40. The summed E-state index contributed by atoms with van der Waals surface area (Å²) in [6, 6.07) is 0. The van der Waals surface area contributed by atoms with Crippen molar-refractivity contribution in [2.45, 2.75) is 26.2 Å². The maximum absolute atomic E-state index is 10.8. The summed E-state index contributed by atoms with van der Waals surface area (Å²) >= 11 is 0. The Kier molecular flexibility index (Phi) is 9.96. The highest BCUT2D eigenvalue weighted by molar-refractivity contribution is 5.88. The summed E-state index contributed by atoms with van der Waals surface area (Å²) in [6.45, 7) is 3.86. The van der Waals surface area contributed by atoms with Crippen molar-refractivity contribution >= 4 is 12.4 Å². The van der Waals surface area contributed by atoms with Crippen LogP contribution in [0.4, 0.5) is 0 Å². The van der Waals surface area contributed by atoms with Crippen LogP contribution >= 0.6 is 0 Å². The van der Waals surface area contributed by atoms with Crippen molar-refractivity contribution in [3.05, 3.63) is 12.3 Å². The first-order valence-corrected chi connectivity index (χ1v) is 6.40. The van der Waals surface area contributed by atoms with Crippen molar-refractivity contribution in [1.29, 1.82) is 0 Å². The van der Waals surface area contributed by atoms with Crippen LogP contribution in [0.25, 0.3) is 0 Å². The van der Waals surface area contributed by atoms with E-state index in [0.29, 0.717) is 5.96 Å². The predicted octanol–water partition coefficient (Wildman–Crippen LogP) is 1.29. The van der Waals surface area contributed by atoms with E-state index in [2.05, 4.69) is 10.3 Å². The quantitative estimate of drug-likeness (QED) is 0.307. The van der Waals surface area contributed by atoms with E-state index in [1.165, 1.54) is 17.7 Å². The van der Waals surface area contributed by atoms with Gasteiger partial charge in [0.05, 0.1) is 0 Å². The lowest BCUT2D eigenvalue weighted by molar-refractivity contribution is -0.114. The van der Waals surface area contributed by atoms with Crippen LogP contribution in [0.3, 0.4) is 0 Å². The monoisotopic (exact) mass is 254 g/mol. The van der Waals surface area contributed by atoms with Crippen LogP contribution in [0.5, 0.6) is 0 Å². The lowest BCUT2D eigenvalue weighted by atomic mass is 10.2. The number of rotatable bonds is 8. The number of carbonyl (C=O) groups is 1. The summed E-state index contributed by atoms with van der Waals surface area (Å²) in [5, 5.41) is 3.13. The molecule has 1 N–H and O–H groups in total. The van der Waals surface area contributed by atoms with Crippen molar-refractivity contribution in [2.75, 3.05) is 34.2 Å². The highest BCUT2D eigenvalue weighted by Crippen LogP contribution is 2.00. The number of guanidine groups is 1. The van der Waals surface area contributed by atoms with Crippen LogP contribution in [-0.4, -0.2) is 56.4 Å². The molecular weight excluding hydrogens is 228 g/mol. The number of carbonyl (C=O) groups excluding carboxylic acids is 1. The topological polar surface area (TPSA) is 47.9 Å². The highest BCUT2D eigenvalue weighted by atomic mass is 16.1. The van der Waals surface area contributed by atoms with Crippen LogP contribution in [0.15, 0.2) is 17.3 Å². The third-order valence-electron chi connectivity index (χ3n) is 2.57. The van der Waals surface area contributed by atoms with Crippen LogP contribution in [-0.2, 0) is 4.79 Å². The summed E-state index contributed by atoms with van der Waals surface area (Å²) in [5.74, 6) is 0.678.